The maximum Gasteiger partial charge on any atom is 0.130 e. The van der Waals surface area contributed by atoms with Gasteiger partial charge in [-0.3, -0.25) is 0 Å². The quantitative estimate of drug-likeness (QED) is 0.667. The van der Waals surface area contributed by atoms with E-state index in [0.717, 1.165) is 10.8 Å². The van der Waals surface area contributed by atoms with Gasteiger partial charge in [0.2, 0.25) is 0 Å². The average Bonchev–Trinajstić information content (AvgIpc) is 2.83. The molecule has 2 rings (SSSR count). The molecule has 3 nitrogen and oxygen atoms in total. The lowest BCUT2D eigenvalue weighted by molar-refractivity contribution is 0.886. The molecule has 0 aliphatic heterocycles. The first kappa shape index (κ1) is 11.4. The van der Waals surface area contributed by atoms with Crippen molar-refractivity contribution < 1.29 is 0 Å². The number of nitrogens with zero attached hydrogens (tertiary/aromatic N) is 2. The molecule has 0 saturated carbocycles. The van der Waals surface area contributed by atoms with E-state index in [4.69, 9.17) is 0 Å². The van der Waals surface area contributed by atoms with E-state index >= 15 is 0 Å². The van der Waals surface area contributed by atoms with Crippen molar-refractivity contribution in [1.82, 2.24) is 9.97 Å². The molecule has 0 aliphatic carbocycles. The molecule has 16 heavy (non-hydrogen) atoms. The van der Waals surface area contributed by atoms with E-state index in [0.29, 0.717) is 0 Å². The van der Waals surface area contributed by atoms with Crippen molar-refractivity contribution in [2.45, 2.75) is 18.0 Å². The topological polar surface area (TPSA) is 37.8 Å². The molecule has 2 heterocycles. The summed E-state index contributed by atoms with van der Waals surface area (Å²) in [5, 5.41) is 6.43. The minimum Gasteiger partial charge on any atom is -0.363 e. The fraction of sp³-hybridized carbons (Fsp3) is 0.273. The number of anilines is 1. The Labute approximate surface area is 103 Å². The number of thiophene rings is 1. The van der Waals surface area contributed by atoms with Crippen LogP contribution >= 0.6 is 23.1 Å². The van der Waals surface area contributed by atoms with Crippen LogP contribution in [-0.4, -0.2) is 16.2 Å². The van der Waals surface area contributed by atoms with Gasteiger partial charge in [0, 0.05) is 10.9 Å². The second kappa shape index (κ2) is 5.32. The monoisotopic (exact) mass is 251 g/mol. The third kappa shape index (κ3) is 2.74. The highest BCUT2D eigenvalue weighted by molar-refractivity contribution is 7.98. The molecule has 0 fully saturated rings. The van der Waals surface area contributed by atoms with E-state index < -0.39 is 0 Å². The molecule has 1 unspecified atom stereocenters. The summed E-state index contributed by atoms with van der Waals surface area (Å²) < 4.78 is 0. The smallest absolute Gasteiger partial charge is 0.130 e. The van der Waals surface area contributed by atoms with Crippen LogP contribution in [0.1, 0.15) is 17.8 Å². The number of hydrogen-bond donors (Lipinski definition) is 1. The normalized spacial score (nSPS) is 12.4. The second-order valence-electron chi connectivity index (χ2n) is 3.33. The van der Waals surface area contributed by atoms with Gasteiger partial charge in [0.25, 0.3) is 0 Å². The minimum absolute atomic E-state index is 0.282. The van der Waals surface area contributed by atoms with E-state index in [-0.39, 0.29) is 6.04 Å². The number of thioether (sulfide) groups is 1. The molecule has 0 spiro atoms. The largest absolute Gasteiger partial charge is 0.363 e. The van der Waals surface area contributed by atoms with Gasteiger partial charge in [-0.2, -0.15) is 0 Å². The zero-order valence-electron chi connectivity index (χ0n) is 9.18. The zero-order chi connectivity index (χ0) is 11.4. The van der Waals surface area contributed by atoms with Crippen LogP contribution in [0.15, 0.2) is 34.9 Å². The summed E-state index contributed by atoms with van der Waals surface area (Å²) in [6.07, 6.45) is 3.60. The van der Waals surface area contributed by atoms with Crippen LogP contribution in [0.5, 0.6) is 0 Å². The molecule has 0 aliphatic rings. The molecule has 0 amide bonds. The first-order chi connectivity index (χ1) is 7.79. The van der Waals surface area contributed by atoms with Crippen LogP contribution < -0.4 is 5.32 Å². The third-order valence-corrected chi connectivity index (χ3v) is 3.88. The molecule has 0 bridgehead atoms. The molecule has 2 aromatic rings. The van der Waals surface area contributed by atoms with Crippen LogP contribution in [0.3, 0.4) is 0 Å². The Hall–Kier alpha value is -1.07. The lowest BCUT2D eigenvalue weighted by Crippen LogP contribution is -2.06. The summed E-state index contributed by atoms with van der Waals surface area (Å²) in [6, 6.07) is 6.43. The molecule has 0 aromatic carbocycles. The summed E-state index contributed by atoms with van der Waals surface area (Å²) in [6.45, 7) is 2.13. The Morgan fingerprint density at radius 1 is 1.44 bits per heavy atom. The Morgan fingerprint density at radius 3 is 3.00 bits per heavy atom. The lowest BCUT2D eigenvalue weighted by Gasteiger charge is -2.12. The summed E-state index contributed by atoms with van der Waals surface area (Å²) in [4.78, 5) is 9.66. The van der Waals surface area contributed by atoms with Gasteiger partial charge < -0.3 is 5.32 Å². The SMILES string of the molecule is CSc1cc(NC(C)c2cccs2)ncn1. The van der Waals surface area contributed by atoms with Gasteiger partial charge in [-0.1, -0.05) is 6.07 Å². The summed E-state index contributed by atoms with van der Waals surface area (Å²) >= 11 is 3.37. The molecule has 5 heteroatoms. The maximum absolute atomic E-state index is 4.21. The standard InChI is InChI=1S/C11H13N3S2/c1-8(9-4-3-5-16-9)14-10-6-11(15-2)13-7-12-10/h3-8H,1-2H3,(H,12,13,14). The van der Waals surface area contributed by atoms with Crippen LogP contribution in [0.2, 0.25) is 0 Å². The van der Waals surface area contributed by atoms with Crippen LogP contribution in [0, 0.1) is 0 Å². The highest BCUT2D eigenvalue weighted by atomic mass is 32.2. The van der Waals surface area contributed by atoms with Crippen molar-refractivity contribution in [2.24, 2.45) is 0 Å². The molecule has 1 N–H and O–H groups in total. The molecule has 1 atom stereocenters. The van der Waals surface area contributed by atoms with Gasteiger partial charge in [-0.25, -0.2) is 9.97 Å². The summed E-state index contributed by atoms with van der Waals surface area (Å²) in [5.74, 6) is 0.875. The van der Waals surface area contributed by atoms with Gasteiger partial charge in [-0.05, 0) is 24.6 Å². The molecular formula is C11H13N3S2. The van der Waals surface area contributed by atoms with Crippen molar-refractivity contribution in [1.29, 1.82) is 0 Å². The van der Waals surface area contributed by atoms with Crippen LogP contribution in [0.4, 0.5) is 5.82 Å². The van der Waals surface area contributed by atoms with Crippen molar-refractivity contribution in [3.05, 3.63) is 34.8 Å². The first-order valence-electron chi connectivity index (χ1n) is 4.95. The number of hydrogen-bond acceptors (Lipinski definition) is 5. The fourth-order valence-corrected chi connectivity index (χ4v) is 2.48. The van der Waals surface area contributed by atoms with Crippen molar-refractivity contribution in [3.8, 4) is 0 Å². The van der Waals surface area contributed by atoms with Gasteiger partial charge >= 0.3 is 0 Å². The molecular weight excluding hydrogens is 238 g/mol. The average molecular weight is 251 g/mol. The van der Waals surface area contributed by atoms with E-state index in [1.807, 2.05) is 12.3 Å². The van der Waals surface area contributed by atoms with Crippen LogP contribution in [-0.2, 0) is 0 Å². The Kier molecular flexibility index (Phi) is 3.79. The van der Waals surface area contributed by atoms with Crippen molar-refractivity contribution in [3.63, 3.8) is 0 Å². The number of nitrogens with one attached hydrogen (secondary N) is 1. The predicted molar refractivity (Wildman–Crippen MR) is 70.2 cm³/mol. The Morgan fingerprint density at radius 2 is 2.31 bits per heavy atom. The summed E-state index contributed by atoms with van der Waals surface area (Å²) in [5.41, 5.74) is 0. The number of aromatic nitrogens is 2. The number of rotatable bonds is 4. The summed E-state index contributed by atoms with van der Waals surface area (Å²) in [7, 11) is 0. The first-order valence-corrected chi connectivity index (χ1v) is 7.06. The third-order valence-electron chi connectivity index (χ3n) is 2.19. The van der Waals surface area contributed by atoms with Crippen molar-refractivity contribution in [2.75, 3.05) is 11.6 Å². The Bertz CT molecular complexity index is 442. The molecule has 2 aromatic heterocycles. The zero-order valence-corrected chi connectivity index (χ0v) is 10.8. The fourth-order valence-electron chi connectivity index (χ4n) is 1.36. The maximum atomic E-state index is 4.21. The predicted octanol–water partition coefficient (Wildman–Crippen LogP) is 3.43. The van der Waals surface area contributed by atoms with E-state index in [9.17, 15) is 0 Å². The van der Waals surface area contributed by atoms with E-state index in [2.05, 4.69) is 39.7 Å². The Balaban J connectivity index is 2.08. The molecule has 0 saturated heterocycles. The van der Waals surface area contributed by atoms with Crippen molar-refractivity contribution >= 4 is 28.9 Å². The molecule has 0 radical (unpaired) electrons. The highest BCUT2D eigenvalue weighted by Gasteiger charge is 2.07. The van der Waals surface area contributed by atoms with Gasteiger partial charge in [-0.15, -0.1) is 23.1 Å². The lowest BCUT2D eigenvalue weighted by atomic mass is 10.3. The van der Waals surface area contributed by atoms with Gasteiger partial charge in [0.1, 0.15) is 17.2 Å². The van der Waals surface area contributed by atoms with E-state index in [1.165, 1.54) is 4.88 Å². The minimum atomic E-state index is 0.282. The second-order valence-corrected chi connectivity index (χ2v) is 5.13. The van der Waals surface area contributed by atoms with Crippen LogP contribution in [0.25, 0.3) is 0 Å². The van der Waals surface area contributed by atoms with Gasteiger partial charge in [0.05, 0.1) is 6.04 Å². The van der Waals surface area contributed by atoms with Gasteiger partial charge in [0.15, 0.2) is 0 Å². The molecule has 84 valence electrons. The highest BCUT2D eigenvalue weighted by Crippen LogP contribution is 2.23. The van der Waals surface area contributed by atoms with E-state index in [1.54, 1.807) is 29.4 Å².